The lowest BCUT2D eigenvalue weighted by molar-refractivity contribution is -0.287. The van der Waals surface area contributed by atoms with E-state index >= 15 is 0 Å². The van der Waals surface area contributed by atoms with Gasteiger partial charge in [-0.25, -0.2) is 0 Å². The fourth-order valence-electron chi connectivity index (χ4n) is 3.79. The number of carbonyl (C=O) groups is 2. The van der Waals surface area contributed by atoms with Crippen LogP contribution < -0.4 is 25.3 Å². The van der Waals surface area contributed by atoms with Gasteiger partial charge in [-0.2, -0.15) is 13.2 Å². The number of primary amides is 1. The second-order valence-electron chi connectivity index (χ2n) is 7.73. The standard InChI is InChI=1S/C15H15F5O4.C7H7N3O2.C2H6/c1-3-21-10-5-4-8(11-12(10)24-15(19,20)23-11)9-6-22-13(7(9)2)14(16,17)18;8-7(12)6-3-5(10-4-11)1-2-9-6;1-2/h4-5,7,9,13H,3,6H2,1-2H3;1-4H,(H2,8,12)(H,9,10,11);1-2H3/t7?,9?,13-;;/m0../s1. The Bertz CT molecular complexity index is 1120. The molecule has 2 amide bonds. The van der Waals surface area contributed by atoms with Crippen LogP contribution in [0.1, 0.15) is 49.7 Å². The molecule has 3 N–H and O–H groups in total. The molecule has 3 heterocycles. The molecule has 0 spiro atoms. The number of nitrogens with zero attached hydrogens (tertiary/aromatic N) is 1. The summed E-state index contributed by atoms with van der Waals surface area (Å²) in [4.78, 5) is 24.3. The van der Waals surface area contributed by atoms with Gasteiger partial charge in [-0.3, -0.25) is 14.6 Å². The Morgan fingerprint density at radius 1 is 1.24 bits per heavy atom. The van der Waals surface area contributed by atoms with Crippen molar-refractivity contribution in [2.45, 2.75) is 52.2 Å². The molecule has 2 aromatic rings. The molecule has 0 saturated carbocycles. The van der Waals surface area contributed by atoms with E-state index in [1.54, 1.807) is 13.0 Å². The Morgan fingerprint density at radius 2 is 1.89 bits per heavy atom. The summed E-state index contributed by atoms with van der Waals surface area (Å²) in [5, 5.41) is 2.37. The van der Waals surface area contributed by atoms with Crippen molar-refractivity contribution in [2.75, 3.05) is 18.5 Å². The van der Waals surface area contributed by atoms with Crippen LogP contribution in [0.5, 0.6) is 17.2 Å². The maximum Gasteiger partial charge on any atom is 0.586 e. The average molecular weight is 549 g/mol. The first-order valence-electron chi connectivity index (χ1n) is 11.6. The maximum atomic E-state index is 13.5. The first-order chi connectivity index (χ1) is 17.9. The minimum atomic E-state index is -4.52. The number of anilines is 1. The van der Waals surface area contributed by atoms with Gasteiger partial charge in [0, 0.05) is 29.3 Å². The van der Waals surface area contributed by atoms with Crippen LogP contribution in [-0.4, -0.2) is 49.1 Å². The quantitative estimate of drug-likeness (QED) is 0.390. The average Bonchev–Trinajstić information content (AvgIpc) is 3.40. The summed E-state index contributed by atoms with van der Waals surface area (Å²) in [6, 6.07) is 5.76. The third kappa shape index (κ3) is 7.21. The van der Waals surface area contributed by atoms with Gasteiger partial charge in [0.25, 0.3) is 5.91 Å². The van der Waals surface area contributed by atoms with Crippen molar-refractivity contribution in [3.63, 3.8) is 0 Å². The van der Waals surface area contributed by atoms with Gasteiger partial charge in [0.15, 0.2) is 17.6 Å². The zero-order valence-electron chi connectivity index (χ0n) is 21.0. The molecule has 2 aliphatic heterocycles. The van der Waals surface area contributed by atoms with E-state index < -0.39 is 36.3 Å². The van der Waals surface area contributed by atoms with Gasteiger partial charge in [0.1, 0.15) is 5.69 Å². The number of amides is 2. The van der Waals surface area contributed by atoms with Crippen molar-refractivity contribution in [1.29, 1.82) is 0 Å². The molecule has 1 fully saturated rings. The number of nitrogens with one attached hydrogen (secondary N) is 1. The molecule has 9 nitrogen and oxygen atoms in total. The second-order valence-corrected chi connectivity index (χ2v) is 7.73. The Morgan fingerprint density at radius 3 is 2.45 bits per heavy atom. The predicted molar refractivity (Wildman–Crippen MR) is 125 cm³/mol. The van der Waals surface area contributed by atoms with Crippen molar-refractivity contribution < 1.29 is 50.5 Å². The van der Waals surface area contributed by atoms with E-state index in [4.69, 9.17) is 15.2 Å². The number of pyridine rings is 1. The summed E-state index contributed by atoms with van der Waals surface area (Å²) in [6.07, 6.45) is -8.46. The second kappa shape index (κ2) is 12.7. The third-order valence-corrected chi connectivity index (χ3v) is 5.38. The molecule has 2 unspecified atom stereocenters. The van der Waals surface area contributed by atoms with Crippen LogP contribution in [0.25, 0.3) is 0 Å². The van der Waals surface area contributed by atoms with Crippen molar-refractivity contribution >= 4 is 18.0 Å². The summed E-state index contributed by atoms with van der Waals surface area (Å²) in [5.41, 5.74) is 5.77. The minimum absolute atomic E-state index is 0.0485. The fraction of sp³-hybridized carbons (Fsp3) is 0.458. The van der Waals surface area contributed by atoms with E-state index in [0.717, 1.165) is 0 Å². The molecule has 0 aliphatic carbocycles. The maximum absolute atomic E-state index is 13.5. The van der Waals surface area contributed by atoms with E-state index in [0.29, 0.717) is 12.1 Å². The van der Waals surface area contributed by atoms with E-state index in [9.17, 15) is 31.5 Å². The van der Waals surface area contributed by atoms with Crippen LogP contribution in [0, 0.1) is 5.92 Å². The summed E-state index contributed by atoms with van der Waals surface area (Å²) >= 11 is 0. The topological polar surface area (TPSA) is 122 Å². The summed E-state index contributed by atoms with van der Waals surface area (Å²) in [7, 11) is 0. The molecular weight excluding hydrogens is 521 g/mol. The van der Waals surface area contributed by atoms with Crippen molar-refractivity contribution in [1.82, 2.24) is 4.98 Å². The molecule has 3 atom stereocenters. The first-order valence-corrected chi connectivity index (χ1v) is 11.6. The highest BCUT2D eigenvalue weighted by molar-refractivity contribution is 5.92. The smallest absolute Gasteiger partial charge is 0.490 e. The Kier molecular flexibility index (Phi) is 10.2. The zero-order valence-corrected chi connectivity index (χ0v) is 21.0. The van der Waals surface area contributed by atoms with Crippen LogP contribution in [0.3, 0.4) is 0 Å². The van der Waals surface area contributed by atoms with Gasteiger partial charge in [-0.1, -0.05) is 26.8 Å². The Labute approximate surface area is 215 Å². The summed E-state index contributed by atoms with van der Waals surface area (Å²) in [6.45, 7) is 6.99. The molecule has 1 saturated heterocycles. The van der Waals surface area contributed by atoms with Crippen LogP contribution in [0.4, 0.5) is 27.6 Å². The van der Waals surface area contributed by atoms with Gasteiger partial charge in [-0.15, -0.1) is 8.78 Å². The number of benzene rings is 1. The van der Waals surface area contributed by atoms with Gasteiger partial charge in [0.2, 0.25) is 12.2 Å². The molecule has 2 aliphatic rings. The molecule has 38 heavy (non-hydrogen) atoms. The number of fused-ring (bicyclic) bond motifs is 1. The minimum Gasteiger partial charge on any atom is -0.490 e. The number of ether oxygens (including phenoxy) is 4. The number of rotatable bonds is 6. The third-order valence-electron chi connectivity index (χ3n) is 5.38. The largest absolute Gasteiger partial charge is 0.586 e. The number of aromatic nitrogens is 1. The van der Waals surface area contributed by atoms with E-state index in [1.807, 2.05) is 13.8 Å². The summed E-state index contributed by atoms with van der Waals surface area (Å²) in [5.74, 6) is -2.88. The van der Waals surface area contributed by atoms with Crippen LogP contribution >= 0.6 is 0 Å². The predicted octanol–water partition coefficient (Wildman–Crippen LogP) is 4.86. The number of hydrogen-bond donors (Lipinski definition) is 2. The lowest BCUT2D eigenvalue weighted by atomic mass is 9.86. The van der Waals surface area contributed by atoms with E-state index in [-0.39, 0.29) is 41.7 Å². The molecule has 0 bridgehead atoms. The molecular formula is C24H28F5N3O6. The molecule has 1 aromatic heterocycles. The summed E-state index contributed by atoms with van der Waals surface area (Å²) < 4.78 is 84.8. The number of alkyl halides is 5. The van der Waals surface area contributed by atoms with E-state index in [2.05, 4.69) is 19.8 Å². The highest BCUT2D eigenvalue weighted by Gasteiger charge is 2.53. The van der Waals surface area contributed by atoms with Gasteiger partial charge >= 0.3 is 12.5 Å². The number of hydrogen-bond acceptors (Lipinski definition) is 7. The van der Waals surface area contributed by atoms with Gasteiger partial charge in [0.05, 0.1) is 13.2 Å². The SMILES string of the molecule is CC.CCOc1ccc(C2CO[C@H](C(F)(F)F)C2C)c2c1OC(F)(F)O2.NC(=O)c1cc(NC=O)ccn1. The van der Waals surface area contributed by atoms with Crippen LogP contribution in [-0.2, 0) is 9.53 Å². The van der Waals surface area contributed by atoms with Crippen LogP contribution in [0.2, 0.25) is 0 Å². The molecule has 14 heteroatoms. The van der Waals surface area contributed by atoms with E-state index in [1.165, 1.54) is 31.3 Å². The van der Waals surface area contributed by atoms with Gasteiger partial charge < -0.3 is 30.0 Å². The zero-order chi connectivity index (χ0) is 28.7. The number of halogens is 5. The lowest BCUT2D eigenvalue weighted by Crippen LogP contribution is -2.33. The Balaban J connectivity index is 0.000000305. The molecule has 1 aromatic carbocycles. The molecule has 4 rings (SSSR count). The molecule has 210 valence electrons. The van der Waals surface area contributed by atoms with Crippen molar-refractivity contribution in [2.24, 2.45) is 11.7 Å². The van der Waals surface area contributed by atoms with Crippen molar-refractivity contribution in [3.05, 3.63) is 41.7 Å². The normalized spacial score (nSPS) is 20.8. The van der Waals surface area contributed by atoms with Crippen LogP contribution in [0.15, 0.2) is 30.5 Å². The monoisotopic (exact) mass is 549 g/mol. The highest BCUT2D eigenvalue weighted by Crippen LogP contribution is 2.54. The molecule has 0 radical (unpaired) electrons. The lowest BCUT2D eigenvalue weighted by Gasteiger charge is -2.21. The number of nitrogens with two attached hydrogens (primary N) is 1. The highest BCUT2D eigenvalue weighted by atomic mass is 19.4. The number of carbonyl (C=O) groups excluding carboxylic acids is 2. The first kappa shape index (κ1) is 30.5. The fourth-order valence-corrected chi connectivity index (χ4v) is 3.79. The Hall–Kier alpha value is -3.68. The van der Waals surface area contributed by atoms with Crippen molar-refractivity contribution in [3.8, 4) is 17.2 Å². The van der Waals surface area contributed by atoms with Gasteiger partial charge in [-0.05, 0) is 25.1 Å².